The number of rotatable bonds is 3. The number of aromatic nitrogens is 4. The third-order valence-corrected chi connectivity index (χ3v) is 13.0. The molecule has 68 heavy (non-hydrogen) atoms. The Balaban J connectivity index is 0.000000136. The van der Waals surface area contributed by atoms with Gasteiger partial charge in [0.1, 0.15) is 0 Å². The number of nitrogens with zero attached hydrogens (tertiary/aromatic N) is 2. The van der Waals surface area contributed by atoms with Gasteiger partial charge in [0.05, 0.1) is 33.1 Å². The quantitative estimate of drug-likeness (QED) is 0.0804. The van der Waals surface area contributed by atoms with Crippen LogP contribution in [0.1, 0.15) is 28.5 Å². The zero-order valence-electron chi connectivity index (χ0n) is 38.3. The van der Waals surface area contributed by atoms with Crippen molar-refractivity contribution in [2.24, 2.45) is 5.84 Å². The summed E-state index contributed by atoms with van der Waals surface area (Å²) in [6.07, 6.45) is 2.78. The molecule has 0 atom stereocenters. The van der Waals surface area contributed by atoms with Gasteiger partial charge in [-0.1, -0.05) is 152 Å². The van der Waals surface area contributed by atoms with E-state index < -0.39 is 0 Å². The highest BCUT2D eigenvalue weighted by molar-refractivity contribution is 6.37. The Morgan fingerprint density at radius 3 is 1.15 bits per heavy atom. The van der Waals surface area contributed by atoms with Crippen molar-refractivity contribution >= 4 is 104 Å². The van der Waals surface area contributed by atoms with Gasteiger partial charge in [-0.15, -0.1) is 0 Å². The molecule has 8 heteroatoms. The number of fused-ring (bicyclic) bond motifs is 14. The minimum atomic E-state index is -0.170. The molecule has 1 aliphatic rings. The van der Waals surface area contributed by atoms with Gasteiger partial charge in [0.25, 0.3) is 0 Å². The van der Waals surface area contributed by atoms with E-state index in [0.717, 1.165) is 18.5 Å². The zero-order chi connectivity index (χ0) is 46.0. The number of nitrogens with one attached hydrogen (secondary N) is 3. The molecule has 5 N–H and O–H groups in total. The molecule has 0 aliphatic heterocycles. The molecule has 8 nitrogen and oxygen atoms in total. The van der Waals surface area contributed by atoms with Crippen molar-refractivity contribution in [1.82, 2.24) is 19.1 Å². The van der Waals surface area contributed by atoms with Gasteiger partial charge in [-0.05, 0) is 73.5 Å². The van der Waals surface area contributed by atoms with Gasteiger partial charge in [-0.3, -0.25) is 15.4 Å². The van der Waals surface area contributed by atoms with Gasteiger partial charge < -0.3 is 24.5 Å². The number of Topliss-reactive ketones (excluding diaryl/α,β-unsaturated/α-hetero) is 2. The summed E-state index contributed by atoms with van der Waals surface area (Å²) < 4.78 is 4.84. The Morgan fingerprint density at radius 1 is 0.397 bits per heavy atom. The number of benzene rings is 9. The van der Waals surface area contributed by atoms with Crippen molar-refractivity contribution in [3.8, 4) is 11.4 Å². The second-order valence-corrected chi connectivity index (χ2v) is 17.0. The minimum Gasteiger partial charge on any atom is -0.353 e. The van der Waals surface area contributed by atoms with Crippen LogP contribution in [0.3, 0.4) is 0 Å². The number of hydrazine groups is 1. The summed E-state index contributed by atoms with van der Waals surface area (Å²) in [5, 5.41) is 10.2. The van der Waals surface area contributed by atoms with Crippen molar-refractivity contribution < 1.29 is 12.4 Å². The van der Waals surface area contributed by atoms with E-state index in [2.05, 4.69) is 207 Å². The fourth-order valence-electron chi connectivity index (χ4n) is 9.81. The van der Waals surface area contributed by atoms with E-state index in [1.807, 2.05) is 30.3 Å². The first-order valence-electron chi connectivity index (χ1n) is 23.1. The number of carbonyl (C=O) groups excluding carboxylic acids is 2. The molecular formula is C60H51N6O2+. The maximum Gasteiger partial charge on any atom is 1.00 e. The number of ketones is 2. The molecule has 0 bridgehead atoms. The van der Waals surface area contributed by atoms with Gasteiger partial charge in [-0.2, -0.15) is 0 Å². The number of anilines is 1. The van der Waals surface area contributed by atoms with E-state index >= 15 is 0 Å². The summed E-state index contributed by atoms with van der Waals surface area (Å²) in [5.74, 6) is 4.76. The number of aromatic amines is 2. The molecule has 9 aromatic carbocycles. The maximum atomic E-state index is 10.4. The van der Waals surface area contributed by atoms with Gasteiger partial charge in [0, 0.05) is 85.5 Å². The third-order valence-electron chi connectivity index (χ3n) is 13.0. The Labute approximate surface area is 395 Å². The predicted molar refractivity (Wildman–Crippen MR) is 286 cm³/mol. The summed E-state index contributed by atoms with van der Waals surface area (Å²) in [6, 6.07) is 74.4. The molecular weight excluding hydrogens is 837 g/mol. The number of hydrogen-bond donors (Lipinski definition) is 4. The number of nitrogens with two attached hydrogens (primary N) is 1. The summed E-state index contributed by atoms with van der Waals surface area (Å²) in [5.41, 5.74) is 15.5. The molecule has 14 rings (SSSR count). The van der Waals surface area contributed by atoms with Crippen molar-refractivity contribution in [3.05, 3.63) is 212 Å². The van der Waals surface area contributed by atoms with Crippen LogP contribution in [0, 0.1) is 0 Å². The van der Waals surface area contributed by atoms with E-state index in [1.165, 1.54) is 98.6 Å². The van der Waals surface area contributed by atoms with E-state index in [9.17, 15) is 9.59 Å². The lowest BCUT2D eigenvalue weighted by Crippen LogP contribution is -2.17. The van der Waals surface area contributed by atoms with Crippen LogP contribution in [-0.2, 0) is 9.59 Å². The SMILES string of the molecule is NNc1ccccc1.O=C1CCCCC1=O.[2HH].[H+].c1ccc(-n2c3ccccc3c3ccc4c5ccccc5n(-c5ccccc5)c4c32)cc1.c1ccc2c(c1)[nH]c1c2ccc2c3ccccc3[nH]c21. The van der Waals surface area contributed by atoms with E-state index in [-0.39, 0.29) is 14.4 Å². The smallest absolute Gasteiger partial charge is 0.353 e. The molecule has 0 saturated heterocycles. The first-order valence-corrected chi connectivity index (χ1v) is 23.1. The summed E-state index contributed by atoms with van der Waals surface area (Å²) in [4.78, 5) is 28.0. The zero-order valence-corrected chi connectivity index (χ0v) is 37.3. The van der Waals surface area contributed by atoms with Crippen LogP contribution < -0.4 is 11.3 Å². The number of carbonyl (C=O) groups is 2. The predicted octanol–water partition coefficient (Wildman–Crippen LogP) is 14.9. The molecule has 1 fully saturated rings. The number of nitrogen functional groups attached to an aromatic ring is 1. The monoisotopic (exact) mass is 888 g/mol. The average Bonchev–Trinajstić information content (AvgIpc) is 4.17. The summed E-state index contributed by atoms with van der Waals surface area (Å²) >= 11 is 0. The molecule has 332 valence electrons. The maximum absolute atomic E-state index is 10.4. The van der Waals surface area contributed by atoms with Crippen LogP contribution in [0.15, 0.2) is 212 Å². The highest BCUT2D eigenvalue weighted by Gasteiger charge is 2.21. The Morgan fingerprint density at radius 2 is 0.750 bits per heavy atom. The fraction of sp³-hybridized carbons (Fsp3) is 0.0667. The van der Waals surface area contributed by atoms with Crippen molar-refractivity contribution in [3.63, 3.8) is 0 Å². The molecule has 1 aliphatic carbocycles. The second-order valence-electron chi connectivity index (χ2n) is 17.0. The van der Waals surface area contributed by atoms with Crippen LogP contribution in [0.5, 0.6) is 0 Å². The van der Waals surface area contributed by atoms with E-state index in [0.29, 0.717) is 12.8 Å². The first kappa shape index (κ1) is 41.9. The van der Waals surface area contributed by atoms with E-state index in [1.54, 1.807) is 0 Å². The summed E-state index contributed by atoms with van der Waals surface area (Å²) in [7, 11) is 0. The molecule has 1 saturated carbocycles. The largest absolute Gasteiger partial charge is 1.00 e. The van der Waals surface area contributed by atoms with Gasteiger partial charge >= 0.3 is 1.43 Å². The molecule has 0 spiro atoms. The van der Waals surface area contributed by atoms with Crippen molar-refractivity contribution in [1.29, 1.82) is 0 Å². The molecule has 0 amide bonds. The lowest BCUT2D eigenvalue weighted by atomic mass is 9.98. The van der Waals surface area contributed by atoms with Crippen molar-refractivity contribution in [2.45, 2.75) is 25.7 Å². The van der Waals surface area contributed by atoms with Crippen LogP contribution in [0.4, 0.5) is 5.69 Å². The lowest BCUT2D eigenvalue weighted by Gasteiger charge is -2.12. The Kier molecular flexibility index (Phi) is 11.3. The Bertz CT molecular complexity index is 3710. The van der Waals surface area contributed by atoms with Gasteiger partial charge in [-0.25, -0.2) is 0 Å². The van der Waals surface area contributed by atoms with Gasteiger partial charge in [0.2, 0.25) is 0 Å². The number of H-pyrrole nitrogens is 2. The molecule has 4 aromatic heterocycles. The average molecular weight is 889 g/mol. The highest BCUT2D eigenvalue weighted by Crippen LogP contribution is 2.41. The molecule has 13 aromatic rings. The highest BCUT2D eigenvalue weighted by atomic mass is 16.2. The van der Waals surface area contributed by atoms with E-state index in [4.69, 9.17) is 5.84 Å². The lowest BCUT2D eigenvalue weighted by molar-refractivity contribution is -0.137. The van der Waals surface area contributed by atoms with Crippen LogP contribution in [0.2, 0.25) is 0 Å². The fourth-order valence-corrected chi connectivity index (χ4v) is 9.81. The minimum absolute atomic E-state index is 0. The number of para-hydroxylation sites is 7. The Hall–Kier alpha value is -8.72. The van der Waals surface area contributed by atoms with Gasteiger partial charge in [0.15, 0.2) is 11.6 Å². The van der Waals surface area contributed by atoms with Crippen molar-refractivity contribution in [2.75, 3.05) is 5.43 Å². The molecule has 0 radical (unpaired) electrons. The molecule has 4 heterocycles. The standard InChI is InChI=1S/C30H20N2.C18H12N2.C6H8N2.C6H8O2.H2/c1-3-11-21(12-4-1)31-27-17-9-7-15-23(27)25-19-20-26-24-16-8-10-18-28(24)32(30(26)29(25)31)22-13-5-2-6-14-22;1-3-7-15-11(5-1)13-9-10-14-12-6-2-4-8-16(12)20-18(14)17(13)19-15;7-8-6-4-2-1-3-5-6;7-5-3-1-2-4-6(5)8;/h1-20H;1-10,19-20H;1-5,8H,7H2;1-4H2;1H/p+1/i;;;;1+1. The first-order chi connectivity index (χ1) is 33.6. The van der Waals surface area contributed by atoms with Crippen LogP contribution in [0.25, 0.3) is 98.6 Å². The third kappa shape index (κ3) is 7.62. The van der Waals surface area contributed by atoms with Crippen LogP contribution in [-0.4, -0.2) is 30.7 Å². The normalized spacial score (nSPS) is 12.6. The second kappa shape index (κ2) is 18.3. The number of hydrogen-bond acceptors (Lipinski definition) is 4. The molecule has 0 unspecified atom stereocenters. The topological polar surface area (TPSA) is 114 Å². The summed E-state index contributed by atoms with van der Waals surface area (Å²) in [6.45, 7) is 0. The van der Waals surface area contributed by atoms with Crippen LogP contribution >= 0.6 is 0 Å².